The number of fused-ring (bicyclic) bond motifs is 1. The zero-order valence-electron chi connectivity index (χ0n) is 14.8. The Morgan fingerprint density at radius 2 is 2.11 bits per heavy atom. The van der Waals surface area contributed by atoms with E-state index in [1.165, 1.54) is 11.3 Å². The maximum absolute atomic E-state index is 13.9. The van der Waals surface area contributed by atoms with Crippen LogP contribution in [0.5, 0.6) is 0 Å². The van der Waals surface area contributed by atoms with Gasteiger partial charge in [0.05, 0.1) is 22.9 Å². The third kappa shape index (κ3) is 3.67. The van der Waals surface area contributed by atoms with Crippen LogP contribution in [-0.2, 0) is 0 Å². The average Bonchev–Trinajstić information content (AvgIpc) is 3.25. The summed E-state index contributed by atoms with van der Waals surface area (Å²) in [5.74, 6) is -2.47. The van der Waals surface area contributed by atoms with E-state index in [0.29, 0.717) is 34.4 Å². The third-order valence-corrected chi connectivity index (χ3v) is 6.17. The highest BCUT2D eigenvalue weighted by molar-refractivity contribution is 7.15. The number of hydrogen-bond acceptors (Lipinski definition) is 6. The van der Waals surface area contributed by atoms with E-state index in [9.17, 15) is 13.9 Å². The molecule has 10 heteroatoms. The molecule has 0 aliphatic heterocycles. The zero-order chi connectivity index (χ0) is 19.9. The Kier molecular flexibility index (Phi) is 5.17. The van der Waals surface area contributed by atoms with Gasteiger partial charge in [0, 0.05) is 12.5 Å². The number of thiophene rings is 1. The van der Waals surface area contributed by atoms with Crippen LogP contribution in [0.4, 0.5) is 20.3 Å². The summed E-state index contributed by atoms with van der Waals surface area (Å²) in [4.78, 5) is 0. The van der Waals surface area contributed by atoms with Crippen LogP contribution in [0.25, 0.3) is 5.52 Å². The number of aromatic nitrogens is 2. The lowest BCUT2D eigenvalue weighted by molar-refractivity contribution is -0.0554. The van der Waals surface area contributed by atoms with Crippen LogP contribution in [0.3, 0.4) is 0 Å². The largest absolute Gasteiger partial charge is 0.368 e. The van der Waals surface area contributed by atoms with Crippen molar-refractivity contribution in [1.82, 2.24) is 9.61 Å². The highest BCUT2D eigenvalue weighted by Gasteiger charge is 2.44. The number of nitrogens with one attached hydrogen (secondary N) is 2. The smallest absolute Gasteiger partial charge is 0.264 e. The standard InChI is InChI=1S/C18H20ClF2N5OS/c19-16-12(7-9-28-16)24-17(27)13-5-3-10-4-6-14(25-26(10)13)23-11-2-1-8-18(20,21)15(11)22/h3-7,9,11,15,17,24,27H,1-2,8,22H2,(H,23,25)/t11-,15-,17?/m1/s1. The lowest BCUT2D eigenvalue weighted by atomic mass is 9.87. The van der Waals surface area contributed by atoms with Gasteiger partial charge in [0.1, 0.15) is 10.2 Å². The Labute approximate surface area is 169 Å². The highest BCUT2D eigenvalue weighted by Crippen LogP contribution is 2.34. The van der Waals surface area contributed by atoms with Crippen LogP contribution in [0.15, 0.2) is 35.7 Å². The summed E-state index contributed by atoms with van der Waals surface area (Å²) in [6, 6.07) is 7.01. The van der Waals surface area contributed by atoms with Crippen LogP contribution in [-0.4, -0.2) is 32.7 Å². The molecular formula is C18H20ClF2N5OS. The molecule has 0 amide bonds. The fraction of sp³-hybridized carbons (Fsp3) is 0.389. The van der Waals surface area contributed by atoms with Crippen molar-refractivity contribution in [3.63, 3.8) is 0 Å². The maximum Gasteiger partial charge on any atom is 0.264 e. The number of halogens is 3. The van der Waals surface area contributed by atoms with Gasteiger partial charge in [-0.05, 0) is 48.6 Å². The van der Waals surface area contributed by atoms with Crippen molar-refractivity contribution in [1.29, 1.82) is 0 Å². The SMILES string of the molecule is N[C@@H]1[C@H](Nc2ccc3ccc(C(O)Nc4ccsc4Cl)n3n2)CCCC1(F)F. The molecule has 3 aromatic rings. The molecule has 0 bridgehead atoms. The Morgan fingerprint density at radius 1 is 1.32 bits per heavy atom. The van der Waals surface area contributed by atoms with Crippen LogP contribution in [0, 0.1) is 0 Å². The van der Waals surface area contributed by atoms with Gasteiger partial charge in [-0.2, -0.15) is 5.10 Å². The van der Waals surface area contributed by atoms with E-state index in [4.69, 9.17) is 17.3 Å². The molecule has 1 aliphatic carbocycles. The minimum Gasteiger partial charge on any atom is -0.368 e. The normalized spacial score (nSPS) is 22.9. The lowest BCUT2D eigenvalue weighted by Crippen LogP contribution is -2.55. The number of aliphatic hydroxyl groups is 1. The second-order valence-corrected chi connectivity index (χ2v) is 8.42. The van der Waals surface area contributed by atoms with Crippen molar-refractivity contribution in [2.75, 3.05) is 10.6 Å². The molecule has 0 aromatic carbocycles. The molecule has 3 aromatic heterocycles. The van der Waals surface area contributed by atoms with Gasteiger partial charge in [-0.15, -0.1) is 11.3 Å². The number of nitrogens with zero attached hydrogens (tertiary/aromatic N) is 2. The first-order chi connectivity index (χ1) is 13.3. The van der Waals surface area contributed by atoms with Gasteiger partial charge < -0.3 is 21.5 Å². The summed E-state index contributed by atoms with van der Waals surface area (Å²) in [6.45, 7) is 0. The average molecular weight is 428 g/mol. The van der Waals surface area contributed by atoms with Gasteiger partial charge in [-0.3, -0.25) is 0 Å². The summed E-state index contributed by atoms with van der Waals surface area (Å²) in [7, 11) is 0. The molecule has 3 heterocycles. The van der Waals surface area contributed by atoms with Gasteiger partial charge in [0.2, 0.25) is 0 Å². The van der Waals surface area contributed by atoms with Crippen molar-refractivity contribution >= 4 is 40.0 Å². The molecule has 1 saturated carbocycles. The number of rotatable bonds is 5. The zero-order valence-corrected chi connectivity index (χ0v) is 16.4. The molecule has 0 spiro atoms. The minimum absolute atomic E-state index is 0.191. The molecule has 0 radical (unpaired) electrons. The van der Waals surface area contributed by atoms with Gasteiger partial charge in [-0.25, -0.2) is 13.3 Å². The summed E-state index contributed by atoms with van der Waals surface area (Å²) in [5, 5.41) is 22.8. The number of nitrogens with two attached hydrogens (primary N) is 1. The first-order valence-corrected chi connectivity index (χ1v) is 10.2. The number of hydrogen-bond donors (Lipinski definition) is 4. The first-order valence-electron chi connectivity index (χ1n) is 8.91. The van der Waals surface area contributed by atoms with Gasteiger partial charge in [0.15, 0.2) is 6.23 Å². The number of anilines is 2. The Bertz CT molecular complexity index is 978. The Hall–Kier alpha value is -1.94. The van der Waals surface area contributed by atoms with Crippen molar-refractivity contribution in [2.45, 2.75) is 43.5 Å². The molecule has 1 aliphatic rings. The fourth-order valence-electron chi connectivity index (χ4n) is 3.46. The fourth-order valence-corrected chi connectivity index (χ4v) is 4.31. The minimum atomic E-state index is -2.89. The summed E-state index contributed by atoms with van der Waals surface area (Å²) >= 11 is 7.43. The van der Waals surface area contributed by atoms with Gasteiger partial charge in [-0.1, -0.05) is 11.6 Å². The first kappa shape index (κ1) is 19.4. The number of aliphatic hydroxyl groups excluding tert-OH is 1. The predicted octanol–water partition coefficient (Wildman–Crippen LogP) is 4.08. The van der Waals surface area contributed by atoms with E-state index in [-0.39, 0.29) is 6.42 Å². The van der Waals surface area contributed by atoms with E-state index in [2.05, 4.69) is 15.7 Å². The van der Waals surface area contributed by atoms with Crippen LogP contribution >= 0.6 is 22.9 Å². The molecule has 28 heavy (non-hydrogen) atoms. The van der Waals surface area contributed by atoms with Gasteiger partial charge >= 0.3 is 0 Å². The van der Waals surface area contributed by atoms with Crippen molar-refractivity contribution < 1.29 is 13.9 Å². The van der Waals surface area contributed by atoms with E-state index in [1.807, 2.05) is 11.4 Å². The second-order valence-electron chi connectivity index (χ2n) is 6.90. The molecule has 5 N–H and O–H groups in total. The molecule has 4 rings (SSSR count). The summed E-state index contributed by atoms with van der Waals surface area (Å²) < 4.78 is 29.9. The van der Waals surface area contributed by atoms with E-state index >= 15 is 0 Å². The molecule has 0 saturated heterocycles. The number of alkyl halides is 2. The molecule has 1 fully saturated rings. The molecule has 6 nitrogen and oxygen atoms in total. The van der Waals surface area contributed by atoms with E-state index < -0.39 is 24.2 Å². The summed E-state index contributed by atoms with van der Waals surface area (Å²) in [5.41, 5.74) is 7.64. The van der Waals surface area contributed by atoms with Crippen LogP contribution in [0.2, 0.25) is 4.34 Å². The van der Waals surface area contributed by atoms with Gasteiger partial charge in [0.25, 0.3) is 5.92 Å². The third-order valence-electron chi connectivity index (χ3n) is 5.00. The summed E-state index contributed by atoms with van der Waals surface area (Å²) in [6.07, 6.45) is -0.280. The Balaban J connectivity index is 1.57. The molecule has 150 valence electrons. The topological polar surface area (TPSA) is 87.6 Å². The van der Waals surface area contributed by atoms with Crippen LogP contribution in [0.1, 0.15) is 31.2 Å². The monoisotopic (exact) mass is 427 g/mol. The lowest BCUT2D eigenvalue weighted by Gasteiger charge is -2.36. The molecular weight excluding hydrogens is 408 g/mol. The predicted molar refractivity (Wildman–Crippen MR) is 107 cm³/mol. The van der Waals surface area contributed by atoms with Crippen molar-refractivity contribution in [3.05, 3.63) is 45.7 Å². The van der Waals surface area contributed by atoms with E-state index in [0.717, 1.165) is 5.52 Å². The Morgan fingerprint density at radius 3 is 2.86 bits per heavy atom. The van der Waals surface area contributed by atoms with Crippen molar-refractivity contribution in [2.24, 2.45) is 5.73 Å². The highest BCUT2D eigenvalue weighted by atomic mass is 35.5. The maximum atomic E-state index is 13.9. The molecule has 3 atom stereocenters. The molecule has 1 unspecified atom stereocenters. The second kappa shape index (κ2) is 7.47. The van der Waals surface area contributed by atoms with Crippen molar-refractivity contribution in [3.8, 4) is 0 Å². The van der Waals surface area contributed by atoms with Crippen LogP contribution < -0.4 is 16.4 Å². The van der Waals surface area contributed by atoms with E-state index in [1.54, 1.807) is 28.8 Å². The quantitative estimate of drug-likeness (QED) is 0.461.